The van der Waals surface area contributed by atoms with Gasteiger partial charge in [-0.2, -0.15) is 5.10 Å². The Labute approximate surface area is 150 Å². The third-order valence-corrected chi connectivity index (χ3v) is 3.81. The number of aromatic nitrogens is 2. The molecule has 0 saturated carbocycles. The molecule has 0 spiro atoms. The van der Waals surface area contributed by atoms with Crippen molar-refractivity contribution in [3.05, 3.63) is 53.9 Å². The molecule has 1 atom stereocenters. The number of amides is 1. The van der Waals surface area contributed by atoms with Gasteiger partial charge in [-0.25, -0.2) is 0 Å². The Hall–Kier alpha value is -1.85. The van der Waals surface area contributed by atoms with E-state index in [2.05, 4.69) is 24.3 Å². The number of carbonyl (C=O) groups excluding carboxylic acids is 1. The molecule has 0 saturated heterocycles. The van der Waals surface area contributed by atoms with Crippen LogP contribution in [-0.2, 0) is 6.54 Å². The van der Waals surface area contributed by atoms with Crippen LogP contribution >= 0.6 is 12.4 Å². The van der Waals surface area contributed by atoms with Crippen LogP contribution < -0.4 is 11.1 Å². The summed E-state index contributed by atoms with van der Waals surface area (Å²) in [6, 6.07) is 10.0. The fourth-order valence-electron chi connectivity index (χ4n) is 2.77. The first-order chi connectivity index (χ1) is 10.9. The largest absolute Gasteiger partial charge is 0.346 e. The van der Waals surface area contributed by atoms with Crippen LogP contribution in [0, 0.1) is 5.92 Å². The standard InChI is InChI=1S/C18H26N4O.ClH/c1-14(2)9-18(3,13-19)21-17(23)16-10-20-22(12-16)11-15-7-5-4-6-8-15;/h4-8,10,12,14H,9,11,13,19H2,1-3H3,(H,21,23);1H. The molecule has 0 aliphatic carbocycles. The van der Waals surface area contributed by atoms with Crippen molar-refractivity contribution in [2.24, 2.45) is 11.7 Å². The molecule has 0 bridgehead atoms. The van der Waals surface area contributed by atoms with E-state index >= 15 is 0 Å². The van der Waals surface area contributed by atoms with Crippen molar-refractivity contribution in [3.63, 3.8) is 0 Å². The van der Waals surface area contributed by atoms with Crippen molar-refractivity contribution in [3.8, 4) is 0 Å². The summed E-state index contributed by atoms with van der Waals surface area (Å²) >= 11 is 0. The molecule has 1 amide bonds. The number of rotatable bonds is 7. The first kappa shape index (κ1) is 20.2. The zero-order valence-corrected chi connectivity index (χ0v) is 15.3. The third kappa shape index (κ3) is 5.65. The molecule has 0 fully saturated rings. The van der Waals surface area contributed by atoms with Crippen LogP contribution in [0.2, 0.25) is 0 Å². The van der Waals surface area contributed by atoms with Gasteiger partial charge in [0.25, 0.3) is 5.91 Å². The van der Waals surface area contributed by atoms with E-state index in [4.69, 9.17) is 5.73 Å². The minimum absolute atomic E-state index is 0. The number of benzene rings is 1. The van der Waals surface area contributed by atoms with Gasteiger partial charge in [-0.15, -0.1) is 12.4 Å². The molecule has 5 nitrogen and oxygen atoms in total. The van der Waals surface area contributed by atoms with Crippen LogP contribution in [0.25, 0.3) is 0 Å². The quantitative estimate of drug-likeness (QED) is 0.806. The lowest BCUT2D eigenvalue weighted by molar-refractivity contribution is 0.0898. The van der Waals surface area contributed by atoms with E-state index in [-0.39, 0.29) is 18.3 Å². The SMILES string of the molecule is CC(C)CC(C)(CN)NC(=O)c1cnn(Cc2ccccc2)c1.Cl. The van der Waals surface area contributed by atoms with Gasteiger partial charge >= 0.3 is 0 Å². The Morgan fingerprint density at radius 1 is 1.33 bits per heavy atom. The average Bonchev–Trinajstić information content (AvgIpc) is 2.96. The maximum Gasteiger partial charge on any atom is 0.254 e. The van der Waals surface area contributed by atoms with Gasteiger partial charge in [0.1, 0.15) is 0 Å². The summed E-state index contributed by atoms with van der Waals surface area (Å²) < 4.78 is 1.77. The number of halogens is 1. The van der Waals surface area contributed by atoms with Crippen molar-refractivity contribution in [1.29, 1.82) is 0 Å². The van der Waals surface area contributed by atoms with Crippen LogP contribution in [-0.4, -0.2) is 27.8 Å². The summed E-state index contributed by atoms with van der Waals surface area (Å²) in [5.74, 6) is 0.336. The van der Waals surface area contributed by atoms with E-state index in [1.807, 2.05) is 37.3 Å². The topological polar surface area (TPSA) is 72.9 Å². The average molecular weight is 351 g/mol. The van der Waals surface area contributed by atoms with Crippen molar-refractivity contribution in [2.45, 2.75) is 39.3 Å². The van der Waals surface area contributed by atoms with Gasteiger partial charge in [0.15, 0.2) is 0 Å². The number of hydrogen-bond acceptors (Lipinski definition) is 3. The van der Waals surface area contributed by atoms with Crippen LogP contribution in [0.1, 0.15) is 43.1 Å². The van der Waals surface area contributed by atoms with E-state index in [1.165, 1.54) is 0 Å². The summed E-state index contributed by atoms with van der Waals surface area (Å²) in [6.07, 6.45) is 4.21. The van der Waals surface area contributed by atoms with Gasteiger partial charge in [-0.05, 0) is 24.8 Å². The lowest BCUT2D eigenvalue weighted by atomic mass is 9.90. The number of nitrogens with one attached hydrogen (secondary N) is 1. The fraction of sp³-hybridized carbons (Fsp3) is 0.444. The van der Waals surface area contributed by atoms with Crippen molar-refractivity contribution < 1.29 is 4.79 Å². The molecule has 2 aromatic rings. The Morgan fingerprint density at radius 3 is 2.58 bits per heavy atom. The molecule has 0 aliphatic heterocycles. The second-order valence-electron chi connectivity index (χ2n) is 6.73. The molecule has 3 N–H and O–H groups in total. The molecule has 1 aromatic carbocycles. The first-order valence-electron chi connectivity index (χ1n) is 8.01. The van der Waals surface area contributed by atoms with Crippen molar-refractivity contribution in [2.75, 3.05) is 6.54 Å². The lowest BCUT2D eigenvalue weighted by Gasteiger charge is -2.31. The minimum atomic E-state index is -0.396. The minimum Gasteiger partial charge on any atom is -0.346 e. The van der Waals surface area contributed by atoms with E-state index in [0.29, 0.717) is 24.6 Å². The number of carbonyl (C=O) groups is 1. The highest BCUT2D eigenvalue weighted by Crippen LogP contribution is 2.16. The van der Waals surface area contributed by atoms with E-state index < -0.39 is 5.54 Å². The fourth-order valence-corrected chi connectivity index (χ4v) is 2.77. The lowest BCUT2D eigenvalue weighted by Crippen LogP contribution is -2.52. The second-order valence-corrected chi connectivity index (χ2v) is 6.73. The van der Waals surface area contributed by atoms with Gasteiger partial charge in [0.05, 0.1) is 18.3 Å². The van der Waals surface area contributed by atoms with Crippen LogP contribution in [0.5, 0.6) is 0 Å². The molecule has 24 heavy (non-hydrogen) atoms. The highest BCUT2D eigenvalue weighted by molar-refractivity contribution is 5.94. The van der Waals surface area contributed by atoms with Gasteiger partial charge in [0, 0.05) is 18.3 Å². The van der Waals surface area contributed by atoms with Crippen molar-refractivity contribution in [1.82, 2.24) is 15.1 Å². The van der Waals surface area contributed by atoms with Gasteiger partial charge < -0.3 is 11.1 Å². The molecular weight excluding hydrogens is 324 g/mol. The Balaban J connectivity index is 0.00000288. The highest BCUT2D eigenvalue weighted by Gasteiger charge is 2.26. The predicted molar refractivity (Wildman–Crippen MR) is 99.4 cm³/mol. The molecule has 0 radical (unpaired) electrons. The molecule has 132 valence electrons. The zero-order chi connectivity index (χ0) is 16.9. The Kier molecular flexibility index (Phi) is 7.45. The van der Waals surface area contributed by atoms with Gasteiger partial charge in [0.2, 0.25) is 0 Å². The summed E-state index contributed by atoms with van der Waals surface area (Å²) in [5, 5.41) is 7.32. The summed E-state index contributed by atoms with van der Waals surface area (Å²) in [6.45, 7) is 7.29. The number of nitrogens with two attached hydrogens (primary N) is 1. The van der Waals surface area contributed by atoms with Crippen LogP contribution in [0.4, 0.5) is 0 Å². The highest BCUT2D eigenvalue weighted by atomic mass is 35.5. The summed E-state index contributed by atoms with van der Waals surface area (Å²) in [4.78, 5) is 12.4. The molecule has 1 heterocycles. The normalized spacial score (nSPS) is 13.2. The maximum atomic E-state index is 12.4. The molecule has 0 aliphatic rings. The smallest absolute Gasteiger partial charge is 0.254 e. The molecule has 6 heteroatoms. The molecular formula is C18H27ClN4O. The van der Waals surface area contributed by atoms with Crippen molar-refractivity contribution >= 4 is 18.3 Å². The Bertz CT molecular complexity index is 641. The number of hydrogen-bond donors (Lipinski definition) is 2. The zero-order valence-electron chi connectivity index (χ0n) is 14.5. The van der Waals surface area contributed by atoms with Crippen LogP contribution in [0.3, 0.4) is 0 Å². The summed E-state index contributed by atoms with van der Waals surface area (Å²) in [7, 11) is 0. The van der Waals surface area contributed by atoms with Gasteiger partial charge in [-0.3, -0.25) is 9.48 Å². The molecule has 1 aromatic heterocycles. The maximum absolute atomic E-state index is 12.4. The van der Waals surface area contributed by atoms with Gasteiger partial charge in [-0.1, -0.05) is 44.2 Å². The van der Waals surface area contributed by atoms with Crippen LogP contribution in [0.15, 0.2) is 42.7 Å². The monoisotopic (exact) mass is 350 g/mol. The first-order valence-corrected chi connectivity index (χ1v) is 8.01. The molecule has 2 rings (SSSR count). The summed E-state index contributed by atoms with van der Waals surface area (Å²) in [5.41, 5.74) is 7.16. The van der Waals surface area contributed by atoms with E-state index in [9.17, 15) is 4.79 Å². The third-order valence-electron chi connectivity index (χ3n) is 3.81. The Morgan fingerprint density at radius 2 is 2.00 bits per heavy atom. The van der Waals surface area contributed by atoms with E-state index in [0.717, 1.165) is 12.0 Å². The molecule has 1 unspecified atom stereocenters. The van der Waals surface area contributed by atoms with E-state index in [1.54, 1.807) is 17.1 Å². The number of nitrogens with zero attached hydrogens (tertiary/aromatic N) is 2. The predicted octanol–water partition coefficient (Wildman–Crippen LogP) is 2.85. The second kappa shape index (κ2) is 8.85.